The van der Waals surface area contributed by atoms with Crippen LogP contribution >= 0.6 is 0 Å². The summed E-state index contributed by atoms with van der Waals surface area (Å²) >= 11 is 0. The fourth-order valence-electron chi connectivity index (χ4n) is 2.22. The van der Waals surface area contributed by atoms with Crippen molar-refractivity contribution in [3.63, 3.8) is 0 Å². The van der Waals surface area contributed by atoms with E-state index in [1.807, 2.05) is 20.8 Å². The van der Waals surface area contributed by atoms with Gasteiger partial charge in [0.15, 0.2) is 0 Å². The molecule has 0 aliphatic heterocycles. The lowest BCUT2D eigenvalue weighted by Crippen LogP contribution is -2.50. The summed E-state index contributed by atoms with van der Waals surface area (Å²) in [5.41, 5.74) is -0.423. The lowest BCUT2D eigenvalue weighted by molar-refractivity contribution is -0.152. The number of aliphatic hydroxyl groups is 1. The Bertz CT molecular complexity index is 439. The van der Waals surface area contributed by atoms with Crippen LogP contribution in [0.15, 0.2) is 12.4 Å². The average Bonchev–Trinajstić information content (AvgIpc) is 2.59. The summed E-state index contributed by atoms with van der Waals surface area (Å²) in [6.45, 7) is 6.02. The third-order valence-corrected chi connectivity index (χ3v) is 3.40. The molecule has 5 heteroatoms. The zero-order chi connectivity index (χ0) is 12.8. The Labute approximate surface area is 100 Å². The van der Waals surface area contributed by atoms with Gasteiger partial charge in [0.2, 0.25) is 0 Å². The average molecular weight is 238 g/mol. The van der Waals surface area contributed by atoms with Crippen LogP contribution in [0, 0.1) is 0 Å². The summed E-state index contributed by atoms with van der Waals surface area (Å²) < 4.78 is 1.76. The van der Waals surface area contributed by atoms with E-state index in [1.54, 1.807) is 17.1 Å². The van der Waals surface area contributed by atoms with Crippen molar-refractivity contribution in [1.29, 1.82) is 0 Å². The number of aliphatic hydroxyl groups excluding tert-OH is 1. The molecule has 2 N–H and O–H groups in total. The van der Waals surface area contributed by atoms with Gasteiger partial charge in [-0.1, -0.05) is 0 Å². The number of carbonyl (C=O) groups is 1. The number of carboxylic acids is 1. The van der Waals surface area contributed by atoms with E-state index in [2.05, 4.69) is 5.10 Å². The maximum atomic E-state index is 11.4. The van der Waals surface area contributed by atoms with Crippen LogP contribution in [-0.4, -0.2) is 32.1 Å². The number of carboxylic acid groups (broad SMARTS) is 1. The topological polar surface area (TPSA) is 75.4 Å². The highest BCUT2D eigenvalue weighted by Crippen LogP contribution is 2.44. The fraction of sp³-hybridized carbons (Fsp3) is 0.667. The summed E-state index contributed by atoms with van der Waals surface area (Å²) in [6.07, 6.45) is 3.42. The van der Waals surface area contributed by atoms with Crippen molar-refractivity contribution in [3.8, 4) is 0 Å². The molecule has 0 amide bonds. The van der Waals surface area contributed by atoms with Crippen molar-refractivity contribution >= 4 is 5.97 Å². The van der Waals surface area contributed by atoms with Crippen LogP contribution in [0.1, 0.15) is 39.2 Å². The van der Waals surface area contributed by atoms with E-state index in [0.717, 1.165) is 0 Å². The highest BCUT2D eigenvalue weighted by molar-refractivity contribution is 5.82. The maximum Gasteiger partial charge on any atom is 0.314 e. The number of hydrogen-bond acceptors (Lipinski definition) is 3. The van der Waals surface area contributed by atoms with E-state index < -0.39 is 17.5 Å². The van der Waals surface area contributed by atoms with Gasteiger partial charge in [-0.15, -0.1) is 0 Å². The van der Waals surface area contributed by atoms with E-state index in [9.17, 15) is 15.0 Å². The highest BCUT2D eigenvalue weighted by Gasteiger charge is 2.52. The van der Waals surface area contributed by atoms with Gasteiger partial charge in [-0.25, -0.2) is 0 Å². The van der Waals surface area contributed by atoms with Gasteiger partial charge in [0, 0.05) is 11.8 Å². The molecule has 5 nitrogen and oxygen atoms in total. The van der Waals surface area contributed by atoms with Crippen molar-refractivity contribution in [2.45, 2.75) is 50.7 Å². The fourth-order valence-corrected chi connectivity index (χ4v) is 2.22. The largest absolute Gasteiger partial charge is 0.481 e. The predicted octanol–water partition coefficient (Wildman–Crippen LogP) is 1.12. The maximum absolute atomic E-state index is 11.4. The molecule has 0 saturated heterocycles. The normalized spacial score (nSPS) is 28.8. The van der Waals surface area contributed by atoms with E-state index >= 15 is 0 Å². The second kappa shape index (κ2) is 3.57. The quantitative estimate of drug-likeness (QED) is 0.809. The molecule has 94 valence electrons. The van der Waals surface area contributed by atoms with Crippen molar-refractivity contribution in [1.82, 2.24) is 9.78 Å². The molecule has 1 saturated carbocycles. The lowest BCUT2D eigenvalue weighted by atomic mass is 9.63. The number of aliphatic carboxylic acids is 1. The number of rotatable bonds is 2. The summed E-state index contributed by atoms with van der Waals surface area (Å²) in [5, 5.41) is 22.9. The Morgan fingerprint density at radius 1 is 1.53 bits per heavy atom. The van der Waals surface area contributed by atoms with Gasteiger partial charge in [0.1, 0.15) is 5.41 Å². The van der Waals surface area contributed by atoms with Crippen LogP contribution in [0.2, 0.25) is 0 Å². The summed E-state index contributed by atoms with van der Waals surface area (Å²) in [5.74, 6) is -0.878. The Hall–Kier alpha value is -1.36. The second-order valence-electron chi connectivity index (χ2n) is 5.79. The second-order valence-corrected chi connectivity index (χ2v) is 5.79. The molecular weight excluding hydrogens is 220 g/mol. The van der Waals surface area contributed by atoms with E-state index in [4.69, 9.17) is 0 Å². The van der Waals surface area contributed by atoms with Gasteiger partial charge in [-0.05, 0) is 33.6 Å². The molecular formula is C12H18N2O3. The van der Waals surface area contributed by atoms with Crippen molar-refractivity contribution in [2.24, 2.45) is 0 Å². The molecule has 0 atom stereocenters. The molecule has 1 aliphatic rings. The van der Waals surface area contributed by atoms with E-state index in [-0.39, 0.29) is 18.4 Å². The summed E-state index contributed by atoms with van der Waals surface area (Å²) in [4.78, 5) is 11.4. The molecule has 1 fully saturated rings. The SMILES string of the molecule is CC(C)(C)n1cc(C2(C(=O)O)CC(O)C2)cn1. The molecule has 1 aliphatic carbocycles. The zero-order valence-electron chi connectivity index (χ0n) is 10.3. The minimum atomic E-state index is -0.942. The number of hydrogen-bond donors (Lipinski definition) is 2. The standard InChI is InChI=1S/C12H18N2O3/c1-11(2,3)14-7-8(6-13-14)12(10(16)17)4-9(15)5-12/h6-7,9,15H,4-5H2,1-3H3,(H,16,17). The first-order chi connectivity index (χ1) is 7.75. The predicted molar refractivity (Wildman–Crippen MR) is 61.8 cm³/mol. The molecule has 0 bridgehead atoms. The van der Waals surface area contributed by atoms with Crippen LogP contribution in [0.4, 0.5) is 0 Å². The third kappa shape index (κ3) is 1.84. The van der Waals surface area contributed by atoms with Gasteiger partial charge in [0.25, 0.3) is 0 Å². The molecule has 0 aromatic carbocycles. The molecule has 17 heavy (non-hydrogen) atoms. The van der Waals surface area contributed by atoms with Crippen molar-refractivity contribution in [2.75, 3.05) is 0 Å². The van der Waals surface area contributed by atoms with Crippen LogP contribution in [0.5, 0.6) is 0 Å². The summed E-state index contributed by atoms with van der Waals surface area (Å²) in [7, 11) is 0. The highest BCUT2D eigenvalue weighted by atomic mass is 16.4. The van der Waals surface area contributed by atoms with Crippen LogP contribution in [0.25, 0.3) is 0 Å². The van der Waals surface area contributed by atoms with Crippen molar-refractivity contribution in [3.05, 3.63) is 18.0 Å². The Morgan fingerprint density at radius 2 is 2.12 bits per heavy atom. The first-order valence-electron chi connectivity index (χ1n) is 5.73. The molecule has 0 radical (unpaired) electrons. The van der Waals surface area contributed by atoms with E-state index in [0.29, 0.717) is 5.56 Å². The van der Waals surface area contributed by atoms with Crippen LogP contribution < -0.4 is 0 Å². The van der Waals surface area contributed by atoms with E-state index in [1.165, 1.54) is 0 Å². The van der Waals surface area contributed by atoms with Gasteiger partial charge >= 0.3 is 5.97 Å². The van der Waals surface area contributed by atoms with Gasteiger partial charge in [-0.2, -0.15) is 5.10 Å². The monoisotopic (exact) mass is 238 g/mol. The summed E-state index contributed by atoms with van der Waals surface area (Å²) in [6, 6.07) is 0. The van der Waals surface area contributed by atoms with Crippen LogP contribution in [0.3, 0.4) is 0 Å². The Morgan fingerprint density at radius 3 is 2.47 bits per heavy atom. The minimum absolute atomic E-state index is 0.166. The first kappa shape index (κ1) is 12.1. The first-order valence-corrected chi connectivity index (χ1v) is 5.73. The molecule has 1 heterocycles. The lowest BCUT2D eigenvalue weighted by Gasteiger charge is -2.41. The smallest absolute Gasteiger partial charge is 0.314 e. The number of aromatic nitrogens is 2. The van der Waals surface area contributed by atoms with Gasteiger partial charge in [-0.3, -0.25) is 9.48 Å². The Kier molecular flexibility index (Phi) is 2.54. The molecule has 0 unspecified atom stereocenters. The van der Waals surface area contributed by atoms with Gasteiger partial charge < -0.3 is 10.2 Å². The van der Waals surface area contributed by atoms with Gasteiger partial charge in [0.05, 0.1) is 17.8 Å². The Balaban J connectivity index is 2.34. The third-order valence-electron chi connectivity index (χ3n) is 3.40. The molecule has 0 spiro atoms. The molecule has 2 rings (SSSR count). The minimum Gasteiger partial charge on any atom is -0.481 e. The van der Waals surface area contributed by atoms with Crippen LogP contribution in [-0.2, 0) is 15.7 Å². The number of nitrogens with zero attached hydrogens (tertiary/aromatic N) is 2. The molecule has 1 aromatic heterocycles. The molecule has 1 aromatic rings. The van der Waals surface area contributed by atoms with Crippen molar-refractivity contribution < 1.29 is 15.0 Å². The zero-order valence-corrected chi connectivity index (χ0v) is 10.3.